The van der Waals surface area contributed by atoms with E-state index in [1.165, 1.54) is 0 Å². The van der Waals surface area contributed by atoms with E-state index >= 15 is 0 Å². The number of nitrogens with zero attached hydrogens (tertiary/aromatic N) is 2. The molecule has 0 saturated carbocycles. The molecule has 1 aromatic heterocycles. The van der Waals surface area contributed by atoms with E-state index in [-0.39, 0.29) is 11.6 Å². The van der Waals surface area contributed by atoms with E-state index < -0.39 is 0 Å². The number of fused-ring (bicyclic) bond motifs is 1. The third-order valence-electron chi connectivity index (χ3n) is 5.50. The second-order valence-corrected chi connectivity index (χ2v) is 7.95. The van der Waals surface area contributed by atoms with Crippen LogP contribution in [0.25, 0.3) is 22.0 Å². The Morgan fingerprint density at radius 3 is 2.36 bits per heavy atom. The van der Waals surface area contributed by atoms with Crippen LogP contribution in [0.15, 0.2) is 77.6 Å². The van der Waals surface area contributed by atoms with Crippen molar-refractivity contribution in [2.24, 2.45) is 0 Å². The maximum atomic E-state index is 13.5. The number of aryl methyl sites for hydroxylation is 1. The fraction of sp³-hybridized carbons (Fsp3) is 0.222. The number of hydrogen-bond donors (Lipinski definition) is 2. The summed E-state index contributed by atoms with van der Waals surface area (Å²) in [6, 6.07) is 23.4. The number of hydrogen-bond acceptors (Lipinski definition) is 3. The third-order valence-corrected chi connectivity index (χ3v) is 5.50. The summed E-state index contributed by atoms with van der Waals surface area (Å²) in [4.78, 5) is 30.1. The van der Waals surface area contributed by atoms with Crippen LogP contribution in [0.3, 0.4) is 0 Å². The van der Waals surface area contributed by atoms with E-state index in [0.29, 0.717) is 36.1 Å². The largest absolute Gasteiger partial charge is 0.338 e. The highest BCUT2D eigenvalue weighted by Crippen LogP contribution is 2.20. The van der Waals surface area contributed by atoms with Crippen LogP contribution in [-0.2, 0) is 13.0 Å². The van der Waals surface area contributed by atoms with Gasteiger partial charge in [0.2, 0.25) is 0 Å². The van der Waals surface area contributed by atoms with Gasteiger partial charge in [-0.2, -0.15) is 0 Å². The molecule has 2 amide bonds. The molecule has 0 bridgehead atoms. The lowest BCUT2D eigenvalue weighted by atomic mass is 10.0. The number of amides is 2. The van der Waals surface area contributed by atoms with Crippen molar-refractivity contribution in [3.8, 4) is 11.1 Å². The van der Waals surface area contributed by atoms with E-state index in [4.69, 9.17) is 4.98 Å². The van der Waals surface area contributed by atoms with E-state index in [9.17, 15) is 9.59 Å². The number of anilines is 1. The first-order valence-electron chi connectivity index (χ1n) is 11.3. The second kappa shape index (κ2) is 10.1. The molecule has 33 heavy (non-hydrogen) atoms. The summed E-state index contributed by atoms with van der Waals surface area (Å²) in [6.45, 7) is 4.90. The quantitative estimate of drug-likeness (QED) is 0.414. The van der Waals surface area contributed by atoms with Gasteiger partial charge in [0.25, 0.3) is 5.56 Å². The second-order valence-electron chi connectivity index (χ2n) is 7.95. The van der Waals surface area contributed by atoms with Crippen LogP contribution in [0.1, 0.15) is 31.7 Å². The predicted octanol–water partition coefficient (Wildman–Crippen LogP) is 5.21. The van der Waals surface area contributed by atoms with Crippen molar-refractivity contribution >= 4 is 22.6 Å². The van der Waals surface area contributed by atoms with Crippen LogP contribution >= 0.6 is 0 Å². The van der Waals surface area contributed by atoms with E-state index in [0.717, 1.165) is 28.9 Å². The van der Waals surface area contributed by atoms with Crippen molar-refractivity contribution < 1.29 is 4.79 Å². The molecule has 0 spiro atoms. The molecule has 0 aliphatic heterocycles. The highest BCUT2D eigenvalue weighted by molar-refractivity contribution is 5.92. The minimum absolute atomic E-state index is 0.102. The Morgan fingerprint density at radius 1 is 0.939 bits per heavy atom. The summed E-state index contributed by atoms with van der Waals surface area (Å²) in [5, 5.41) is 5.95. The lowest BCUT2D eigenvalue weighted by Gasteiger charge is -2.14. The molecule has 168 valence electrons. The van der Waals surface area contributed by atoms with Crippen molar-refractivity contribution in [1.29, 1.82) is 0 Å². The summed E-state index contributed by atoms with van der Waals surface area (Å²) < 4.78 is 1.75. The molecule has 0 radical (unpaired) electrons. The molecule has 0 unspecified atom stereocenters. The summed E-state index contributed by atoms with van der Waals surface area (Å²) in [5.74, 6) is 0.770. The maximum Gasteiger partial charge on any atom is 0.319 e. The number of rotatable bonds is 7. The summed E-state index contributed by atoms with van der Waals surface area (Å²) >= 11 is 0. The van der Waals surface area contributed by atoms with Gasteiger partial charge in [-0.15, -0.1) is 0 Å². The van der Waals surface area contributed by atoms with Crippen LogP contribution in [0.5, 0.6) is 0 Å². The minimum Gasteiger partial charge on any atom is -0.338 e. The van der Waals surface area contributed by atoms with Crippen LogP contribution in [0.2, 0.25) is 0 Å². The topological polar surface area (TPSA) is 76.0 Å². The Kier molecular flexibility index (Phi) is 6.83. The van der Waals surface area contributed by atoms with Gasteiger partial charge >= 0.3 is 6.03 Å². The number of nitrogens with one attached hydrogen (secondary N) is 2. The summed E-state index contributed by atoms with van der Waals surface area (Å²) in [7, 11) is 0. The smallest absolute Gasteiger partial charge is 0.319 e. The van der Waals surface area contributed by atoms with Gasteiger partial charge in [-0.05, 0) is 48.2 Å². The van der Waals surface area contributed by atoms with E-state index in [1.807, 2.05) is 25.1 Å². The lowest BCUT2D eigenvalue weighted by molar-refractivity contribution is 0.252. The Bertz CT molecular complexity index is 1310. The summed E-state index contributed by atoms with van der Waals surface area (Å²) in [5.41, 5.74) is 4.43. The van der Waals surface area contributed by atoms with Crippen LogP contribution in [-0.4, -0.2) is 22.1 Å². The molecule has 4 rings (SSSR count). The van der Waals surface area contributed by atoms with Crippen molar-refractivity contribution in [3.05, 3.63) is 94.5 Å². The van der Waals surface area contributed by atoms with Crippen LogP contribution in [0.4, 0.5) is 10.5 Å². The standard InChI is InChI=1S/C27H28N4O2/c1-3-8-25-30-24-16-15-22(29-27(33)28-4-2)17-23(24)26(32)31(25)18-19-11-13-21(14-12-19)20-9-6-5-7-10-20/h5-7,9-17H,3-4,8,18H2,1-2H3,(H2,28,29,33). The average Bonchev–Trinajstić information content (AvgIpc) is 2.83. The number of urea groups is 1. The zero-order valence-corrected chi connectivity index (χ0v) is 19.0. The van der Waals surface area contributed by atoms with Crippen molar-refractivity contribution in [2.75, 3.05) is 11.9 Å². The van der Waals surface area contributed by atoms with Crippen LogP contribution in [0, 0.1) is 0 Å². The lowest BCUT2D eigenvalue weighted by Crippen LogP contribution is -2.28. The third kappa shape index (κ3) is 5.12. The molecule has 0 aliphatic carbocycles. The molecule has 0 atom stereocenters. The van der Waals surface area contributed by atoms with Crippen molar-refractivity contribution in [2.45, 2.75) is 33.2 Å². The maximum absolute atomic E-state index is 13.5. The zero-order chi connectivity index (χ0) is 23.2. The highest BCUT2D eigenvalue weighted by atomic mass is 16.2. The first-order chi connectivity index (χ1) is 16.1. The first kappa shape index (κ1) is 22.3. The van der Waals surface area contributed by atoms with Gasteiger partial charge in [-0.25, -0.2) is 9.78 Å². The van der Waals surface area contributed by atoms with Gasteiger partial charge in [0.1, 0.15) is 5.82 Å². The Hall–Kier alpha value is -3.93. The molecule has 0 saturated heterocycles. The Morgan fingerprint density at radius 2 is 1.67 bits per heavy atom. The minimum atomic E-state index is -0.300. The predicted molar refractivity (Wildman–Crippen MR) is 134 cm³/mol. The zero-order valence-electron chi connectivity index (χ0n) is 19.0. The molecular weight excluding hydrogens is 412 g/mol. The van der Waals surface area contributed by atoms with Crippen molar-refractivity contribution in [1.82, 2.24) is 14.9 Å². The van der Waals surface area contributed by atoms with E-state index in [1.54, 1.807) is 22.8 Å². The molecule has 4 aromatic rings. The van der Waals surface area contributed by atoms with Gasteiger partial charge in [0.15, 0.2) is 0 Å². The molecule has 3 aromatic carbocycles. The monoisotopic (exact) mass is 440 g/mol. The summed E-state index contributed by atoms with van der Waals surface area (Å²) in [6.07, 6.45) is 1.61. The molecule has 1 heterocycles. The van der Waals surface area contributed by atoms with Crippen LogP contribution < -0.4 is 16.2 Å². The number of carbonyl (C=O) groups excluding carboxylic acids is 1. The number of aromatic nitrogens is 2. The SMILES string of the molecule is CCCc1nc2ccc(NC(=O)NCC)cc2c(=O)n1Cc1ccc(-c2ccccc2)cc1. The first-order valence-corrected chi connectivity index (χ1v) is 11.3. The van der Waals surface area contributed by atoms with Gasteiger partial charge in [0, 0.05) is 18.7 Å². The average molecular weight is 441 g/mol. The van der Waals surface area contributed by atoms with Gasteiger partial charge < -0.3 is 10.6 Å². The number of carbonyl (C=O) groups is 1. The van der Waals surface area contributed by atoms with Gasteiger partial charge in [-0.3, -0.25) is 9.36 Å². The Balaban J connectivity index is 1.69. The fourth-order valence-corrected chi connectivity index (χ4v) is 3.87. The van der Waals surface area contributed by atoms with Crippen molar-refractivity contribution in [3.63, 3.8) is 0 Å². The highest BCUT2D eigenvalue weighted by Gasteiger charge is 2.13. The molecular formula is C27H28N4O2. The van der Waals surface area contributed by atoms with Gasteiger partial charge in [-0.1, -0.05) is 61.5 Å². The van der Waals surface area contributed by atoms with Gasteiger partial charge in [0.05, 0.1) is 17.4 Å². The fourth-order valence-electron chi connectivity index (χ4n) is 3.87. The normalized spacial score (nSPS) is 10.8. The molecule has 6 heteroatoms. The van der Waals surface area contributed by atoms with E-state index in [2.05, 4.69) is 54.0 Å². The molecule has 2 N–H and O–H groups in total. The number of benzene rings is 3. The molecule has 0 aliphatic rings. The molecule has 6 nitrogen and oxygen atoms in total. The Labute approximate surface area is 193 Å². The molecule has 0 fully saturated rings.